The van der Waals surface area contributed by atoms with E-state index in [1.807, 2.05) is 0 Å². The maximum absolute atomic E-state index is 11.1. The number of aliphatic hydroxyl groups excluding tert-OH is 1. The summed E-state index contributed by atoms with van der Waals surface area (Å²) in [4.78, 5) is 10.7. The molecule has 1 rings (SSSR count). The van der Waals surface area contributed by atoms with Crippen LogP contribution in [0.1, 0.15) is 6.92 Å². The lowest BCUT2D eigenvalue weighted by molar-refractivity contribution is -0.142. The minimum Gasteiger partial charge on any atom is -0.489 e. The van der Waals surface area contributed by atoms with Crippen molar-refractivity contribution in [2.75, 3.05) is 13.2 Å². The van der Waals surface area contributed by atoms with Gasteiger partial charge in [-0.2, -0.15) is 8.42 Å². The van der Waals surface area contributed by atoms with Gasteiger partial charge in [0, 0.05) is 5.57 Å². The van der Waals surface area contributed by atoms with Crippen LogP contribution in [0, 0.1) is 0 Å². The van der Waals surface area contributed by atoms with E-state index in [0.717, 1.165) is 6.07 Å². The average Bonchev–Trinajstić information content (AvgIpc) is 2.41. The minimum absolute atomic E-state index is 0.106. The number of benzene rings is 1. The molecule has 1 unspecified atom stereocenters. The maximum atomic E-state index is 11.1. The highest BCUT2D eigenvalue weighted by Gasteiger charge is 2.17. The first-order valence-corrected chi connectivity index (χ1v) is 7.36. The Morgan fingerprint density at radius 2 is 1.95 bits per heavy atom. The van der Waals surface area contributed by atoms with Gasteiger partial charge >= 0.3 is 5.97 Å². The number of rotatable bonds is 7. The average molecular weight is 316 g/mol. The van der Waals surface area contributed by atoms with Gasteiger partial charge in [-0.05, 0) is 19.1 Å². The summed E-state index contributed by atoms with van der Waals surface area (Å²) in [6.45, 7) is 4.22. The molecule has 0 radical (unpaired) electrons. The second kappa shape index (κ2) is 7.21. The fraction of sp³-hybridized carbons (Fsp3) is 0.308. The topological polar surface area (TPSA) is 110 Å². The zero-order chi connectivity index (χ0) is 16.0. The normalized spacial score (nSPS) is 12.5. The summed E-state index contributed by atoms with van der Waals surface area (Å²) in [5.74, 6) is -0.752. The molecule has 0 amide bonds. The molecule has 1 aromatic carbocycles. The molecule has 0 aliphatic rings. The molecule has 0 aliphatic carbocycles. The Labute approximate surface area is 122 Å². The van der Waals surface area contributed by atoms with Crippen molar-refractivity contribution in [2.24, 2.45) is 0 Å². The largest absolute Gasteiger partial charge is 0.489 e. The van der Waals surface area contributed by atoms with Gasteiger partial charge in [0.05, 0.1) is 0 Å². The minimum atomic E-state index is -4.42. The fourth-order valence-electron chi connectivity index (χ4n) is 1.31. The Balaban J connectivity index is 2.60. The number of hydrogen-bond donors (Lipinski definition) is 2. The summed E-state index contributed by atoms with van der Waals surface area (Å²) < 4.78 is 41.1. The van der Waals surface area contributed by atoms with Crippen LogP contribution >= 0.6 is 0 Å². The zero-order valence-corrected chi connectivity index (χ0v) is 12.2. The van der Waals surface area contributed by atoms with E-state index in [9.17, 15) is 18.3 Å². The van der Waals surface area contributed by atoms with Crippen molar-refractivity contribution in [2.45, 2.75) is 17.9 Å². The van der Waals surface area contributed by atoms with Gasteiger partial charge in [0.25, 0.3) is 10.1 Å². The van der Waals surface area contributed by atoms with Crippen LogP contribution in [-0.4, -0.2) is 43.4 Å². The lowest BCUT2D eigenvalue weighted by Gasteiger charge is -2.14. The third-order valence-corrected chi connectivity index (χ3v) is 3.21. The van der Waals surface area contributed by atoms with Crippen molar-refractivity contribution in [3.8, 4) is 5.75 Å². The van der Waals surface area contributed by atoms with Gasteiger partial charge < -0.3 is 14.6 Å². The molecule has 1 atom stereocenters. The number of hydrogen-bond acceptors (Lipinski definition) is 6. The van der Waals surface area contributed by atoms with E-state index in [1.165, 1.54) is 25.1 Å². The molecule has 2 N–H and O–H groups in total. The van der Waals surface area contributed by atoms with Crippen molar-refractivity contribution < 1.29 is 32.3 Å². The number of aliphatic hydroxyl groups is 1. The molecule has 0 fully saturated rings. The molecule has 1 aromatic rings. The number of esters is 1. The Kier molecular flexibility index (Phi) is 5.89. The van der Waals surface area contributed by atoms with Crippen LogP contribution in [0.15, 0.2) is 41.3 Å². The lowest BCUT2D eigenvalue weighted by Crippen LogP contribution is -2.25. The molecular weight excluding hydrogens is 300 g/mol. The highest BCUT2D eigenvalue weighted by atomic mass is 32.2. The summed E-state index contributed by atoms with van der Waals surface area (Å²) in [6.07, 6.45) is -1.15. The third kappa shape index (κ3) is 5.54. The molecule has 8 heteroatoms. The maximum Gasteiger partial charge on any atom is 0.333 e. The predicted octanol–water partition coefficient (Wildman–Crippen LogP) is 0.792. The molecule has 116 valence electrons. The summed E-state index contributed by atoms with van der Waals surface area (Å²) in [5, 5.41) is 9.59. The molecule has 0 heterocycles. The smallest absolute Gasteiger partial charge is 0.333 e. The molecular formula is C13H16O7S. The van der Waals surface area contributed by atoms with Crippen molar-refractivity contribution in [3.63, 3.8) is 0 Å². The van der Waals surface area contributed by atoms with Crippen LogP contribution in [0.5, 0.6) is 5.75 Å². The van der Waals surface area contributed by atoms with Crippen molar-refractivity contribution in [1.29, 1.82) is 0 Å². The van der Waals surface area contributed by atoms with Crippen LogP contribution in [0.2, 0.25) is 0 Å². The van der Waals surface area contributed by atoms with Gasteiger partial charge in [0.1, 0.15) is 30.0 Å². The molecule has 0 saturated heterocycles. The third-order valence-electron chi connectivity index (χ3n) is 2.31. The van der Waals surface area contributed by atoms with Crippen LogP contribution in [0.4, 0.5) is 0 Å². The SMILES string of the molecule is C=C(C)C(=O)OCC(O)COc1ccccc1S(=O)(=O)O. The highest BCUT2D eigenvalue weighted by molar-refractivity contribution is 7.86. The van der Waals surface area contributed by atoms with E-state index in [4.69, 9.17) is 14.0 Å². The van der Waals surface area contributed by atoms with E-state index in [1.54, 1.807) is 0 Å². The summed E-state index contributed by atoms with van der Waals surface area (Å²) in [5.41, 5.74) is 0.194. The van der Waals surface area contributed by atoms with Crippen molar-refractivity contribution >= 4 is 16.1 Å². The quantitative estimate of drug-likeness (QED) is 0.435. The van der Waals surface area contributed by atoms with E-state index >= 15 is 0 Å². The van der Waals surface area contributed by atoms with Crippen molar-refractivity contribution in [3.05, 3.63) is 36.4 Å². The van der Waals surface area contributed by atoms with Gasteiger partial charge in [-0.1, -0.05) is 18.7 Å². The van der Waals surface area contributed by atoms with Crippen LogP contribution in [0.25, 0.3) is 0 Å². The first-order chi connectivity index (χ1) is 9.71. The molecule has 21 heavy (non-hydrogen) atoms. The standard InChI is InChI=1S/C13H16O7S/c1-9(2)13(15)20-8-10(14)7-19-11-5-3-4-6-12(11)21(16,17)18/h3-6,10,14H,1,7-8H2,2H3,(H,16,17,18). The van der Waals surface area contributed by atoms with E-state index in [2.05, 4.69) is 6.58 Å². The van der Waals surface area contributed by atoms with E-state index in [-0.39, 0.29) is 24.5 Å². The fourth-order valence-corrected chi connectivity index (χ4v) is 1.94. The molecule has 7 nitrogen and oxygen atoms in total. The molecule has 0 saturated carbocycles. The number of ether oxygens (including phenoxy) is 2. The first kappa shape index (κ1) is 17.2. The highest BCUT2D eigenvalue weighted by Crippen LogP contribution is 2.22. The van der Waals surface area contributed by atoms with Gasteiger partial charge in [-0.15, -0.1) is 0 Å². The van der Waals surface area contributed by atoms with Crippen LogP contribution < -0.4 is 4.74 Å². The van der Waals surface area contributed by atoms with Gasteiger partial charge in [0.15, 0.2) is 0 Å². The number of carbonyl (C=O) groups excluding carboxylic acids is 1. The molecule has 0 aromatic heterocycles. The Morgan fingerprint density at radius 3 is 2.52 bits per heavy atom. The molecule has 0 aliphatic heterocycles. The Hall–Kier alpha value is -1.90. The lowest BCUT2D eigenvalue weighted by atomic mass is 10.3. The monoisotopic (exact) mass is 316 g/mol. The van der Waals surface area contributed by atoms with Gasteiger partial charge in [-0.25, -0.2) is 4.79 Å². The zero-order valence-electron chi connectivity index (χ0n) is 11.4. The first-order valence-electron chi connectivity index (χ1n) is 5.92. The number of carbonyl (C=O) groups is 1. The van der Waals surface area contributed by atoms with Gasteiger partial charge in [-0.3, -0.25) is 4.55 Å². The van der Waals surface area contributed by atoms with E-state index in [0.29, 0.717) is 0 Å². The Bertz CT molecular complexity index is 621. The Morgan fingerprint density at radius 1 is 1.33 bits per heavy atom. The molecule has 0 spiro atoms. The number of para-hydroxylation sites is 1. The predicted molar refractivity (Wildman–Crippen MR) is 73.5 cm³/mol. The summed E-state index contributed by atoms with van der Waals surface area (Å²) in [7, 11) is -4.42. The summed E-state index contributed by atoms with van der Waals surface area (Å²) in [6, 6.07) is 5.42. The summed E-state index contributed by atoms with van der Waals surface area (Å²) >= 11 is 0. The van der Waals surface area contributed by atoms with Crippen LogP contribution in [0.3, 0.4) is 0 Å². The van der Waals surface area contributed by atoms with Gasteiger partial charge in [0.2, 0.25) is 0 Å². The van der Waals surface area contributed by atoms with Crippen LogP contribution in [-0.2, 0) is 19.6 Å². The van der Waals surface area contributed by atoms with E-state index < -0.39 is 27.1 Å². The molecule has 0 bridgehead atoms. The van der Waals surface area contributed by atoms with Crippen molar-refractivity contribution in [1.82, 2.24) is 0 Å². The second-order valence-electron chi connectivity index (χ2n) is 4.27. The second-order valence-corrected chi connectivity index (χ2v) is 5.66.